The Morgan fingerprint density at radius 1 is 1.21 bits per heavy atom. The molecule has 33 heavy (non-hydrogen) atoms. The maximum Gasteiger partial charge on any atom is 0.306 e. The average molecular weight is 451 g/mol. The fourth-order valence-corrected chi connectivity index (χ4v) is 4.45. The van der Waals surface area contributed by atoms with Crippen LogP contribution in [0.5, 0.6) is 0 Å². The van der Waals surface area contributed by atoms with Gasteiger partial charge in [-0.3, -0.25) is 19.9 Å². The topological polar surface area (TPSA) is 111 Å². The van der Waals surface area contributed by atoms with Gasteiger partial charge in [-0.15, -0.1) is 0 Å². The molecule has 2 heterocycles. The molecule has 0 aromatic heterocycles. The van der Waals surface area contributed by atoms with Gasteiger partial charge in [0.15, 0.2) is 0 Å². The van der Waals surface area contributed by atoms with Crippen molar-refractivity contribution in [3.05, 3.63) is 57.6 Å². The lowest BCUT2D eigenvalue weighted by molar-refractivity contribution is -0.383. The van der Waals surface area contributed by atoms with Crippen LogP contribution in [0.25, 0.3) is 0 Å². The third-order valence-corrected chi connectivity index (χ3v) is 6.09. The first-order valence-corrected chi connectivity index (χ1v) is 11.3. The average Bonchev–Trinajstić information content (AvgIpc) is 3.16. The Morgan fingerprint density at radius 3 is 2.61 bits per heavy atom. The van der Waals surface area contributed by atoms with Crippen molar-refractivity contribution in [2.45, 2.75) is 52.1 Å². The van der Waals surface area contributed by atoms with Gasteiger partial charge in [0.05, 0.1) is 16.3 Å². The SMILES string of the molecule is CC(C)(C)OC(=O)CC1CCN(c2ccc3c(c2)CC(c2ccc(N)c([N+](=O)[O-])c2)=N3)CC1. The molecule has 2 aliphatic heterocycles. The van der Waals surface area contributed by atoms with E-state index < -0.39 is 10.5 Å². The number of hydrogen-bond acceptors (Lipinski definition) is 7. The first-order valence-electron chi connectivity index (χ1n) is 11.3. The van der Waals surface area contributed by atoms with Crippen LogP contribution in [0.15, 0.2) is 41.4 Å². The van der Waals surface area contributed by atoms with E-state index in [2.05, 4.69) is 17.0 Å². The number of piperidine rings is 1. The van der Waals surface area contributed by atoms with E-state index in [-0.39, 0.29) is 17.3 Å². The molecule has 0 atom stereocenters. The number of ether oxygens (including phenoxy) is 1. The molecular formula is C25H30N4O4. The highest BCUT2D eigenvalue weighted by Crippen LogP contribution is 2.35. The molecule has 0 radical (unpaired) electrons. The van der Waals surface area contributed by atoms with Gasteiger partial charge in [-0.1, -0.05) is 6.07 Å². The molecule has 0 amide bonds. The fourth-order valence-electron chi connectivity index (χ4n) is 4.45. The summed E-state index contributed by atoms with van der Waals surface area (Å²) < 4.78 is 5.47. The van der Waals surface area contributed by atoms with E-state index in [4.69, 9.17) is 15.5 Å². The van der Waals surface area contributed by atoms with Crippen molar-refractivity contribution in [1.82, 2.24) is 0 Å². The summed E-state index contributed by atoms with van der Waals surface area (Å²) in [6.07, 6.45) is 3.00. The van der Waals surface area contributed by atoms with Gasteiger partial charge in [-0.2, -0.15) is 0 Å². The van der Waals surface area contributed by atoms with E-state index in [0.717, 1.165) is 54.1 Å². The number of carbonyl (C=O) groups is 1. The number of nitro benzene ring substituents is 1. The van der Waals surface area contributed by atoms with Gasteiger partial charge in [-0.25, -0.2) is 0 Å². The van der Waals surface area contributed by atoms with Crippen molar-refractivity contribution in [3.8, 4) is 0 Å². The summed E-state index contributed by atoms with van der Waals surface area (Å²) in [5, 5.41) is 11.2. The van der Waals surface area contributed by atoms with Gasteiger partial charge in [0.25, 0.3) is 5.69 Å². The molecule has 0 bridgehead atoms. The van der Waals surface area contributed by atoms with Crippen LogP contribution in [0, 0.1) is 16.0 Å². The van der Waals surface area contributed by atoms with Crippen molar-refractivity contribution < 1.29 is 14.5 Å². The Balaban J connectivity index is 1.38. The number of hydrogen-bond donors (Lipinski definition) is 1. The molecule has 2 N–H and O–H groups in total. The molecule has 2 aromatic carbocycles. The Labute approximate surface area is 193 Å². The number of nitrogens with two attached hydrogens (primary N) is 1. The zero-order valence-electron chi connectivity index (χ0n) is 19.3. The van der Waals surface area contributed by atoms with Gasteiger partial charge >= 0.3 is 5.97 Å². The summed E-state index contributed by atoms with van der Waals surface area (Å²) in [7, 11) is 0. The number of nitro groups is 1. The standard InChI is InChI=1S/C25H30N4O4/c1-25(2,3)33-24(30)12-16-8-10-28(11-9-16)19-5-7-21-18(13-19)14-22(27-21)17-4-6-20(26)23(15-17)29(31)32/h4-7,13,15-16H,8-12,14,26H2,1-3H3. The number of benzene rings is 2. The largest absolute Gasteiger partial charge is 0.460 e. The van der Waals surface area contributed by atoms with Gasteiger partial charge < -0.3 is 15.4 Å². The van der Waals surface area contributed by atoms with Crippen LogP contribution in [0.2, 0.25) is 0 Å². The minimum absolute atomic E-state index is 0.0962. The van der Waals surface area contributed by atoms with Gasteiger partial charge in [0, 0.05) is 43.2 Å². The van der Waals surface area contributed by atoms with Crippen LogP contribution in [0.4, 0.5) is 22.7 Å². The van der Waals surface area contributed by atoms with Crippen LogP contribution < -0.4 is 10.6 Å². The maximum absolute atomic E-state index is 12.1. The van der Waals surface area contributed by atoms with Crippen LogP contribution in [-0.2, 0) is 16.0 Å². The van der Waals surface area contributed by atoms with Crippen molar-refractivity contribution in [2.75, 3.05) is 23.7 Å². The molecule has 2 aromatic rings. The molecule has 174 valence electrons. The first kappa shape index (κ1) is 22.8. The summed E-state index contributed by atoms with van der Waals surface area (Å²) in [5.74, 6) is 0.229. The zero-order valence-corrected chi connectivity index (χ0v) is 19.3. The second-order valence-electron chi connectivity index (χ2n) is 9.80. The number of aliphatic imine (C=N–C) groups is 1. The van der Waals surface area contributed by atoms with Crippen LogP contribution >= 0.6 is 0 Å². The minimum Gasteiger partial charge on any atom is -0.460 e. The zero-order chi connectivity index (χ0) is 23.8. The summed E-state index contributed by atoms with van der Waals surface area (Å²) >= 11 is 0. The number of esters is 1. The number of nitrogen functional groups attached to an aromatic ring is 1. The smallest absolute Gasteiger partial charge is 0.306 e. The van der Waals surface area contributed by atoms with E-state index in [0.29, 0.717) is 18.8 Å². The molecule has 0 spiro atoms. The van der Waals surface area contributed by atoms with Gasteiger partial charge in [0.1, 0.15) is 11.3 Å². The third-order valence-electron chi connectivity index (χ3n) is 6.09. The highest BCUT2D eigenvalue weighted by Gasteiger charge is 2.26. The quantitative estimate of drug-likeness (QED) is 0.303. The Kier molecular flexibility index (Phi) is 6.10. The summed E-state index contributed by atoms with van der Waals surface area (Å²) in [5.41, 5.74) is 10.0. The number of nitrogens with zero attached hydrogens (tertiary/aromatic N) is 3. The molecule has 1 saturated heterocycles. The summed E-state index contributed by atoms with van der Waals surface area (Å²) in [4.78, 5) is 29.9. The summed E-state index contributed by atoms with van der Waals surface area (Å²) in [6.45, 7) is 7.47. The van der Waals surface area contributed by atoms with E-state index in [9.17, 15) is 14.9 Å². The molecule has 2 aliphatic rings. The molecule has 0 saturated carbocycles. The molecule has 8 nitrogen and oxygen atoms in total. The van der Waals surface area contributed by atoms with Crippen molar-refractivity contribution in [3.63, 3.8) is 0 Å². The molecular weight excluding hydrogens is 420 g/mol. The third kappa shape index (κ3) is 5.32. The Morgan fingerprint density at radius 2 is 1.94 bits per heavy atom. The normalized spacial score (nSPS) is 16.3. The van der Waals surface area contributed by atoms with E-state index in [1.807, 2.05) is 26.8 Å². The minimum atomic E-state index is -0.466. The van der Waals surface area contributed by atoms with Gasteiger partial charge in [0.2, 0.25) is 0 Å². The number of fused-ring (bicyclic) bond motifs is 1. The van der Waals surface area contributed by atoms with Crippen molar-refractivity contribution >= 4 is 34.4 Å². The number of rotatable bonds is 5. The molecule has 1 fully saturated rings. The number of anilines is 2. The highest BCUT2D eigenvalue weighted by atomic mass is 16.6. The highest BCUT2D eigenvalue weighted by molar-refractivity contribution is 6.07. The van der Waals surface area contributed by atoms with E-state index in [1.165, 1.54) is 6.07 Å². The van der Waals surface area contributed by atoms with Crippen LogP contribution in [-0.4, -0.2) is 35.3 Å². The molecule has 4 rings (SSSR count). The van der Waals surface area contributed by atoms with Crippen molar-refractivity contribution in [1.29, 1.82) is 0 Å². The Hall–Kier alpha value is -3.42. The van der Waals surface area contributed by atoms with Crippen LogP contribution in [0.3, 0.4) is 0 Å². The maximum atomic E-state index is 12.1. The second-order valence-corrected chi connectivity index (χ2v) is 9.80. The fraction of sp³-hybridized carbons (Fsp3) is 0.440. The predicted molar refractivity (Wildman–Crippen MR) is 129 cm³/mol. The lowest BCUT2D eigenvalue weighted by atomic mass is 9.93. The van der Waals surface area contributed by atoms with Crippen molar-refractivity contribution in [2.24, 2.45) is 10.9 Å². The van der Waals surface area contributed by atoms with Crippen LogP contribution in [0.1, 0.15) is 51.2 Å². The molecule has 0 aliphatic carbocycles. The first-order chi connectivity index (χ1) is 15.6. The summed E-state index contributed by atoms with van der Waals surface area (Å²) in [6, 6.07) is 11.1. The van der Waals surface area contributed by atoms with E-state index in [1.54, 1.807) is 12.1 Å². The predicted octanol–water partition coefficient (Wildman–Crippen LogP) is 4.80. The van der Waals surface area contributed by atoms with E-state index >= 15 is 0 Å². The molecule has 8 heteroatoms. The second kappa shape index (κ2) is 8.84. The van der Waals surface area contributed by atoms with Gasteiger partial charge in [-0.05, 0) is 69.4 Å². The molecule has 0 unspecified atom stereocenters. The Bertz CT molecular complexity index is 1110. The monoisotopic (exact) mass is 450 g/mol. The lowest BCUT2D eigenvalue weighted by Gasteiger charge is -2.34. The lowest BCUT2D eigenvalue weighted by Crippen LogP contribution is -2.35. The number of carbonyl (C=O) groups excluding carboxylic acids is 1.